The van der Waals surface area contributed by atoms with E-state index in [1.165, 1.54) is 0 Å². The van der Waals surface area contributed by atoms with Gasteiger partial charge in [-0.1, -0.05) is 63.2 Å². The van der Waals surface area contributed by atoms with Gasteiger partial charge in [0.15, 0.2) is 0 Å². The summed E-state index contributed by atoms with van der Waals surface area (Å²) in [5.41, 5.74) is 2.23. The minimum atomic E-state index is -0.261. The molecule has 0 aliphatic carbocycles. The second-order valence-electron chi connectivity index (χ2n) is 10.2. The van der Waals surface area contributed by atoms with Crippen molar-refractivity contribution in [3.05, 3.63) is 65.7 Å². The van der Waals surface area contributed by atoms with E-state index in [0.29, 0.717) is 13.0 Å². The first kappa shape index (κ1) is 23.9. The van der Waals surface area contributed by atoms with Crippen molar-refractivity contribution in [3.63, 3.8) is 0 Å². The number of hydrogen-bond acceptors (Lipinski definition) is 3. The molecule has 0 aliphatic rings. The van der Waals surface area contributed by atoms with Gasteiger partial charge in [0, 0.05) is 5.54 Å². The average Bonchev–Trinajstić information content (AvgIpc) is 2.65. The summed E-state index contributed by atoms with van der Waals surface area (Å²) in [5.74, 6) is 0.875. The van der Waals surface area contributed by atoms with Gasteiger partial charge >= 0.3 is 0 Å². The highest BCUT2D eigenvalue weighted by molar-refractivity contribution is 5.82. The van der Waals surface area contributed by atoms with Gasteiger partial charge in [-0.3, -0.25) is 4.79 Å². The lowest BCUT2D eigenvalue weighted by Gasteiger charge is -2.27. The van der Waals surface area contributed by atoms with Crippen LogP contribution in [0.2, 0.25) is 0 Å². The van der Waals surface area contributed by atoms with E-state index in [-0.39, 0.29) is 22.9 Å². The molecule has 164 valence electrons. The number of benzene rings is 2. The molecule has 0 radical (unpaired) electrons. The first-order chi connectivity index (χ1) is 14.0. The smallest absolute Gasteiger partial charge is 0.237 e. The van der Waals surface area contributed by atoms with Crippen LogP contribution in [0, 0.1) is 5.41 Å². The summed E-state index contributed by atoms with van der Waals surface area (Å²) in [7, 11) is 0. The zero-order valence-corrected chi connectivity index (χ0v) is 19.4. The van der Waals surface area contributed by atoms with Crippen molar-refractivity contribution in [1.29, 1.82) is 0 Å². The molecular formula is C26H38N2O2. The van der Waals surface area contributed by atoms with Crippen LogP contribution >= 0.6 is 0 Å². The molecule has 2 aromatic rings. The van der Waals surface area contributed by atoms with Crippen LogP contribution in [0.1, 0.15) is 59.1 Å². The average molecular weight is 411 g/mol. The third kappa shape index (κ3) is 9.45. The minimum Gasteiger partial charge on any atom is -0.489 e. The molecular weight excluding hydrogens is 372 g/mol. The topological polar surface area (TPSA) is 50.4 Å². The van der Waals surface area contributed by atoms with Crippen molar-refractivity contribution in [1.82, 2.24) is 10.6 Å². The van der Waals surface area contributed by atoms with Crippen LogP contribution in [0.5, 0.6) is 5.75 Å². The molecule has 30 heavy (non-hydrogen) atoms. The lowest BCUT2D eigenvalue weighted by atomic mass is 9.92. The Morgan fingerprint density at radius 2 is 1.53 bits per heavy atom. The number of ether oxygens (including phenoxy) is 1. The van der Waals surface area contributed by atoms with Crippen molar-refractivity contribution in [2.75, 3.05) is 6.54 Å². The highest BCUT2D eigenvalue weighted by atomic mass is 16.5. The van der Waals surface area contributed by atoms with E-state index in [2.05, 4.69) is 43.5 Å². The van der Waals surface area contributed by atoms with Crippen molar-refractivity contribution in [2.24, 2.45) is 5.41 Å². The molecule has 4 nitrogen and oxygen atoms in total. The molecule has 0 saturated heterocycles. The van der Waals surface area contributed by atoms with Crippen LogP contribution < -0.4 is 15.4 Å². The van der Waals surface area contributed by atoms with E-state index < -0.39 is 0 Å². The molecule has 2 aromatic carbocycles. The van der Waals surface area contributed by atoms with E-state index in [0.717, 1.165) is 29.8 Å². The molecule has 0 bridgehead atoms. The lowest BCUT2D eigenvalue weighted by Crippen LogP contribution is -2.52. The number of rotatable bonds is 9. The SMILES string of the molecule is CC(C)(C)CCN[C@@H](Cc1ccc(OCc2ccccc2)cc1)C(=O)NC(C)(C)C. The van der Waals surface area contributed by atoms with Gasteiger partial charge in [0.2, 0.25) is 5.91 Å². The van der Waals surface area contributed by atoms with Gasteiger partial charge in [-0.15, -0.1) is 0 Å². The Labute approximate surface area is 182 Å². The summed E-state index contributed by atoms with van der Waals surface area (Å²) in [6, 6.07) is 17.9. The number of amides is 1. The molecule has 1 amide bonds. The summed E-state index contributed by atoms with van der Waals surface area (Å²) >= 11 is 0. The molecule has 0 fully saturated rings. The predicted molar refractivity (Wildman–Crippen MR) is 125 cm³/mol. The zero-order valence-electron chi connectivity index (χ0n) is 19.4. The van der Waals surface area contributed by atoms with Crippen molar-refractivity contribution >= 4 is 5.91 Å². The lowest BCUT2D eigenvalue weighted by molar-refractivity contribution is -0.124. The van der Waals surface area contributed by atoms with Crippen molar-refractivity contribution in [3.8, 4) is 5.75 Å². The van der Waals surface area contributed by atoms with Gasteiger partial charge < -0.3 is 15.4 Å². The fourth-order valence-corrected chi connectivity index (χ4v) is 3.03. The third-order valence-electron chi connectivity index (χ3n) is 4.69. The van der Waals surface area contributed by atoms with Crippen molar-refractivity contribution < 1.29 is 9.53 Å². The number of nitrogens with one attached hydrogen (secondary N) is 2. The van der Waals surface area contributed by atoms with Crippen molar-refractivity contribution in [2.45, 2.75) is 72.6 Å². The largest absolute Gasteiger partial charge is 0.489 e. The number of hydrogen-bond donors (Lipinski definition) is 2. The maximum Gasteiger partial charge on any atom is 0.237 e. The van der Waals surface area contributed by atoms with Crippen LogP contribution in [0.25, 0.3) is 0 Å². The zero-order chi connectivity index (χ0) is 22.2. The van der Waals surface area contributed by atoms with Gasteiger partial charge in [0.1, 0.15) is 12.4 Å². The summed E-state index contributed by atoms with van der Waals surface area (Å²) in [4.78, 5) is 12.8. The third-order valence-corrected chi connectivity index (χ3v) is 4.69. The first-order valence-corrected chi connectivity index (χ1v) is 10.8. The maximum atomic E-state index is 12.8. The second kappa shape index (κ2) is 10.6. The molecule has 0 aromatic heterocycles. The van der Waals surface area contributed by atoms with Gasteiger partial charge in [-0.05, 0) is 68.8 Å². The van der Waals surface area contributed by atoms with E-state index in [4.69, 9.17) is 4.74 Å². The number of carbonyl (C=O) groups is 1. The highest BCUT2D eigenvalue weighted by Crippen LogP contribution is 2.18. The van der Waals surface area contributed by atoms with E-state index >= 15 is 0 Å². The number of carbonyl (C=O) groups excluding carboxylic acids is 1. The molecule has 0 spiro atoms. The Balaban J connectivity index is 1.98. The van der Waals surface area contributed by atoms with Gasteiger partial charge in [0.25, 0.3) is 0 Å². The standard InChI is InChI=1S/C26H38N2O2/c1-25(2,3)16-17-27-23(24(29)28-26(4,5)6)18-20-12-14-22(15-13-20)30-19-21-10-8-7-9-11-21/h7-15,23,27H,16-19H2,1-6H3,(H,28,29)/t23-/m0/s1. The molecule has 2 rings (SSSR count). The quantitative estimate of drug-likeness (QED) is 0.603. The summed E-state index contributed by atoms with van der Waals surface area (Å²) in [6.07, 6.45) is 1.66. The Bertz CT molecular complexity index is 771. The van der Waals surface area contributed by atoms with Crippen LogP contribution in [-0.4, -0.2) is 24.0 Å². The van der Waals surface area contributed by atoms with Gasteiger partial charge in [-0.25, -0.2) is 0 Å². The monoisotopic (exact) mass is 410 g/mol. The Morgan fingerprint density at radius 1 is 0.900 bits per heavy atom. The van der Waals surface area contributed by atoms with E-state index in [9.17, 15) is 4.79 Å². The second-order valence-corrected chi connectivity index (χ2v) is 10.2. The molecule has 2 N–H and O–H groups in total. The maximum absolute atomic E-state index is 12.8. The molecule has 4 heteroatoms. The summed E-state index contributed by atoms with van der Waals surface area (Å²) < 4.78 is 5.87. The minimum absolute atomic E-state index is 0.0424. The van der Waals surface area contributed by atoms with Crippen LogP contribution in [0.15, 0.2) is 54.6 Å². The van der Waals surface area contributed by atoms with E-state index in [1.807, 2.05) is 63.2 Å². The Hall–Kier alpha value is -2.33. The Morgan fingerprint density at radius 3 is 2.10 bits per heavy atom. The van der Waals surface area contributed by atoms with Crippen LogP contribution in [-0.2, 0) is 17.8 Å². The molecule has 0 unspecified atom stereocenters. The summed E-state index contributed by atoms with van der Waals surface area (Å²) in [6.45, 7) is 14.0. The van der Waals surface area contributed by atoms with Gasteiger partial charge in [-0.2, -0.15) is 0 Å². The molecule has 1 atom stereocenters. The van der Waals surface area contributed by atoms with Crippen LogP contribution in [0.4, 0.5) is 0 Å². The fraction of sp³-hybridized carbons (Fsp3) is 0.500. The Kier molecular flexibility index (Phi) is 8.48. The predicted octanol–water partition coefficient (Wildman–Crippen LogP) is 5.12. The van der Waals surface area contributed by atoms with E-state index in [1.54, 1.807) is 0 Å². The van der Waals surface area contributed by atoms with Gasteiger partial charge in [0.05, 0.1) is 6.04 Å². The highest BCUT2D eigenvalue weighted by Gasteiger charge is 2.23. The first-order valence-electron chi connectivity index (χ1n) is 10.8. The molecule has 0 saturated carbocycles. The normalized spacial score (nSPS) is 13.0. The molecule has 0 aliphatic heterocycles. The fourth-order valence-electron chi connectivity index (χ4n) is 3.03. The summed E-state index contributed by atoms with van der Waals surface area (Å²) in [5, 5.41) is 6.58. The van der Waals surface area contributed by atoms with Crippen LogP contribution in [0.3, 0.4) is 0 Å². The molecule has 0 heterocycles.